The number of rotatable bonds is 3. The molecule has 0 spiro atoms. The highest BCUT2D eigenvalue weighted by Gasteiger charge is 2.19. The zero-order chi connectivity index (χ0) is 9.07. The molecular formula is C8H14N2O. The van der Waals surface area contributed by atoms with Crippen LogP contribution in [-0.4, -0.2) is 17.5 Å². The number of nitrogens with one attached hydrogen (secondary N) is 1. The molecule has 0 aliphatic rings. The lowest BCUT2D eigenvalue weighted by Gasteiger charge is -2.22. The van der Waals surface area contributed by atoms with E-state index in [9.17, 15) is 4.79 Å². The maximum absolute atomic E-state index is 10.6. The lowest BCUT2D eigenvalue weighted by Crippen LogP contribution is -2.49. The van der Waals surface area contributed by atoms with Gasteiger partial charge in [-0.15, -0.1) is 6.42 Å². The van der Waals surface area contributed by atoms with Crippen LogP contribution in [-0.2, 0) is 4.79 Å². The van der Waals surface area contributed by atoms with Crippen molar-refractivity contribution in [2.24, 2.45) is 5.73 Å². The number of carbonyl (C=O) groups is 1. The summed E-state index contributed by atoms with van der Waals surface area (Å²) in [5.74, 6) is 2.11. The average Bonchev–Trinajstić information content (AvgIpc) is 1.87. The monoisotopic (exact) mass is 154 g/mol. The molecule has 3 nitrogen and oxygen atoms in total. The summed E-state index contributed by atoms with van der Waals surface area (Å²) in [6.45, 7) is 5.31. The smallest absolute Gasteiger partial charge is 0.234 e. The van der Waals surface area contributed by atoms with Gasteiger partial charge in [0.05, 0.1) is 11.6 Å². The molecule has 0 rings (SSSR count). The van der Waals surface area contributed by atoms with E-state index >= 15 is 0 Å². The molecule has 0 saturated carbocycles. The minimum absolute atomic E-state index is 0.388. The zero-order valence-corrected chi connectivity index (χ0v) is 7.14. The molecule has 3 N–H and O–H groups in total. The third-order valence-corrected chi connectivity index (χ3v) is 1.36. The number of carbonyl (C=O) groups excluding carboxylic acids is 1. The fraction of sp³-hybridized carbons (Fsp3) is 0.625. The van der Waals surface area contributed by atoms with E-state index in [1.807, 2.05) is 13.8 Å². The maximum atomic E-state index is 10.6. The van der Waals surface area contributed by atoms with Gasteiger partial charge in [0.2, 0.25) is 5.91 Å². The summed E-state index contributed by atoms with van der Waals surface area (Å²) < 4.78 is 0. The second-order valence-electron chi connectivity index (χ2n) is 3.04. The Labute approximate surface area is 67.3 Å². The quantitative estimate of drug-likeness (QED) is 0.556. The van der Waals surface area contributed by atoms with Gasteiger partial charge >= 0.3 is 0 Å². The standard InChI is InChI=1S/C8H14N2O/c1-5-8(3,4)10-6(2)7(9)11/h1,6,10H,2-4H3,(H2,9,11). The molecule has 0 aromatic heterocycles. The van der Waals surface area contributed by atoms with E-state index in [0.717, 1.165) is 0 Å². The fourth-order valence-electron chi connectivity index (χ4n) is 0.654. The van der Waals surface area contributed by atoms with E-state index in [4.69, 9.17) is 12.2 Å². The first kappa shape index (κ1) is 9.99. The molecule has 0 fully saturated rings. The van der Waals surface area contributed by atoms with E-state index < -0.39 is 11.4 Å². The molecule has 1 amide bonds. The predicted molar refractivity (Wildman–Crippen MR) is 44.7 cm³/mol. The van der Waals surface area contributed by atoms with Crippen molar-refractivity contribution in [2.45, 2.75) is 32.4 Å². The first-order valence-electron chi connectivity index (χ1n) is 3.44. The van der Waals surface area contributed by atoms with E-state index in [-0.39, 0.29) is 6.04 Å². The van der Waals surface area contributed by atoms with Gasteiger partial charge in [-0.1, -0.05) is 5.92 Å². The van der Waals surface area contributed by atoms with Crippen molar-refractivity contribution >= 4 is 5.91 Å². The molecule has 0 aromatic rings. The van der Waals surface area contributed by atoms with Gasteiger partial charge in [0.1, 0.15) is 0 Å². The summed E-state index contributed by atoms with van der Waals surface area (Å²) in [4.78, 5) is 10.6. The second kappa shape index (κ2) is 3.40. The van der Waals surface area contributed by atoms with Crippen molar-refractivity contribution in [1.29, 1.82) is 0 Å². The SMILES string of the molecule is C#CC(C)(C)NC(C)C(N)=O. The molecule has 0 radical (unpaired) electrons. The van der Waals surface area contributed by atoms with Crippen LogP contribution >= 0.6 is 0 Å². The van der Waals surface area contributed by atoms with Crippen molar-refractivity contribution in [3.63, 3.8) is 0 Å². The highest BCUT2D eigenvalue weighted by atomic mass is 16.1. The summed E-state index contributed by atoms with van der Waals surface area (Å²) >= 11 is 0. The van der Waals surface area contributed by atoms with Crippen LogP contribution in [0.4, 0.5) is 0 Å². The normalized spacial score (nSPS) is 13.6. The molecule has 62 valence electrons. The van der Waals surface area contributed by atoms with E-state index in [2.05, 4.69) is 11.2 Å². The number of nitrogens with two attached hydrogens (primary N) is 1. The molecule has 0 heterocycles. The first-order valence-corrected chi connectivity index (χ1v) is 3.44. The Kier molecular flexibility index (Phi) is 3.09. The summed E-state index contributed by atoms with van der Waals surface area (Å²) in [7, 11) is 0. The van der Waals surface area contributed by atoms with Crippen LogP contribution in [0, 0.1) is 12.3 Å². The largest absolute Gasteiger partial charge is 0.368 e. The molecule has 11 heavy (non-hydrogen) atoms. The number of primary amides is 1. The third kappa shape index (κ3) is 3.64. The Balaban J connectivity index is 4.07. The zero-order valence-electron chi connectivity index (χ0n) is 7.14. The Morgan fingerprint density at radius 2 is 2.18 bits per heavy atom. The van der Waals surface area contributed by atoms with Crippen molar-refractivity contribution in [3.05, 3.63) is 0 Å². The van der Waals surface area contributed by atoms with Gasteiger partial charge in [0.15, 0.2) is 0 Å². The lowest BCUT2D eigenvalue weighted by atomic mass is 10.1. The second-order valence-corrected chi connectivity index (χ2v) is 3.04. The Morgan fingerprint density at radius 3 is 2.45 bits per heavy atom. The maximum Gasteiger partial charge on any atom is 0.234 e. The van der Waals surface area contributed by atoms with Crippen molar-refractivity contribution in [1.82, 2.24) is 5.32 Å². The minimum atomic E-state index is -0.478. The molecule has 1 unspecified atom stereocenters. The molecule has 0 bridgehead atoms. The number of hydrogen-bond donors (Lipinski definition) is 2. The molecular weight excluding hydrogens is 140 g/mol. The topological polar surface area (TPSA) is 55.1 Å². The van der Waals surface area contributed by atoms with Gasteiger partial charge < -0.3 is 5.73 Å². The van der Waals surface area contributed by atoms with E-state index in [0.29, 0.717) is 0 Å². The lowest BCUT2D eigenvalue weighted by molar-refractivity contribution is -0.119. The highest BCUT2D eigenvalue weighted by molar-refractivity contribution is 5.79. The Bertz CT molecular complexity index is 191. The van der Waals surface area contributed by atoms with Gasteiger partial charge in [-0.3, -0.25) is 10.1 Å². The van der Waals surface area contributed by atoms with Gasteiger partial charge in [-0.05, 0) is 20.8 Å². The van der Waals surface area contributed by atoms with Gasteiger partial charge in [0.25, 0.3) is 0 Å². The molecule has 0 aliphatic carbocycles. The van der Waals surface area contributed by atoms with E-state index in [1.165, 1.54) is 0 Å². The first-order chi connectivity index (χ1) is 4.89. The summed E-state index contributed by atoms with van der Waals surface area (Å²) in [5.41, 5.74) is 4.55. The molecule has 1 atom stereocenters. The van der Waals surface area contributed by atoms with Crippen molar-refractivity contribution < 1.29 is 4.79 Å². The van der Waals surface area contributed by atoms with Crippen LogP contribution in [0.2, 0.25) is 0 Å². The van der Waals surface area contributed by atoms with Crippen molar-refractivity contribution in [3.8, 4) is 12.3 Å². The van der Waals surface area contributed by atoms with Crippen LogP contribution in [0.3, 0.4) is 0 Å². The Hall–Kier alpha value is -1.01. The number of hydrogen-bond acceptors (Lipinski definition) is 2. The third-order valence-electron chi connectivity index (χ3n) is 1.36. The van der Waals surface area contributed by atoms with Crippen LogP contribution in [0.15, 0.2) is 0 Å². The average molecular weight is 154 g/mol. The van der Waals surface area contributed by atoms with Gasteiger partial charge in [0, 0.05) is 0 Å². The van der Waals surface area contributed by atoms with Gasteiger partial charge in [-0.2, -0.15) is 0 Å². The van der Waals surface area contributed by atoms with Crippen molar-refractivity contribution in [2.75, 3.05) is 0 Å². The minimum Gasteiger partial charge on any atom is -0.368 e. The van der Waals surface area contributed by atoms with Crippen LogP contribution in [0.1, 0.15) is 20.8 Å². The molecule has 0 aromatic carbocycles. The number of terminal acetylenes is 1. The predicted octanol–water partition coefficient (Wildman–Crippen LogP) is -0.138. The summed E-state index contributed by atoms with van der Waals surface area (Å²) in [5, 5.41) is 2.89. The van der Waals surface area contributed by atoms with Gasteiger partial charge in [-0.25, -0.2) is 0 Å². The van der Waals surface area contributed by atoms with Crippen LogP contribution in [0.5, 0.6) is 0 Å². The fourth-order valence-corrected chi connectivity index (χ4v) is 0.654. The molecule has 3 heteroatoms. The molecule has 0 saturated heterocycles. The van der Waals surface area contributed by atoms with Crippen LogP contribution < -0.4 is 11.1 Å². The summed E-state index contributed by atoms with van der Waals surface area (Å²) in [6.07, 6.45) is 5.19. The van der Waals surface area contributed by atoms with Crippen LogP contribution in [0.25, 0.3) is 0 Å². The Morgan fingerprint density at radius 1 is 1.73 bits per heavy atom. The summed E-state index contributed by atoms with van der Waals surface area (Å²) in [6, 6.07) is -0.388. The molecule has 0 aliphatic heterocycles. The van der Waals surface area contributed by atoms with E-state index in [1.54, 1.807) is 6.92 Å². The number of amides is 1. The highest BCUT2D eigenvalue weighted by Crippen LogP contribution is 2.00.